The molecule has 0 fully saturated rings. The van der Waals surface area contributed by atoms with Crippen molar-refractivity contribution in [3.05, 3.63) is 0 Å². The van der Waals surface area contributed by atoms with Crippen molar-refractivity contribution in [1.82, 2.24) is 10.6 Å². The van der Waals surface area contributed by atoms with Gasteiger partial charge >= 0.3 is 12.0 Å². The summed E-state index contributed by atoms with van der Waals surface area (Å²) in [5.41, 5.74) is 0. The van der Waals surface area contributed by atoms with Crippen LogP contribution >= 0.6 is 0 Å². The Hall–Kier alpha value is -1.26. The Morgan fingerprint density at radius 1 is 1.12 bits per heavy atom. The summed E-state index contributed by atoms with van der Waals surface area (Å²) in [5, 5.41) is 14.1. The molecule has 100 valence electrons. The van der Waals surface area contributed by atoms with Gasteiger partial charge in [-0.15, -0.1) is 0 Å². The van der Waals surface area contributed by atoms with E-state index in [1.165, 1.54) is 12.8 Å². The number of hydrogen-bond donors (Lipinski definition) is 3. The molecule has 0 aromatic rings. The molecule has 0 radical (unpaired) electrons. The first kappa shape index (κ1) is 15.7. The third kappa shape index (κ3) is 8.54. The van der Waals surface area contributed by atoms with Crippen molar-refractivity contribution in [1.29, 1.82) is 0 Å². The lowest BCUT2D eigenvalue weighted by molar-refractivity contribution is -0.141. The highest BCUT2D eigenvalue weighted by molar-refractivity contribution is 5.75. The predicted molar refractivity (Wildman–Crippen MR) is 67.0 cm³/mol. The number of carbonyl (C=O) groups excluding carboxylic acids is 1. The number of carbonyl (C=O) groups is 2. The van der Waals surface area contributed by atoms with Gasteiger partial charge in [-0.3, -0.25) is 4.79 Å². The van der Waals surface area contributed by atoms with Crippen LogP contribution in [0.15, 0.2) is 0 Å². The van der Waals surface area contributed by atoms with Gasteiger partial charge in [-0.25, -0.2) is 4.79 Å². The first-order valence-electron chi connectivity index (χ1n) is 6.36. The van der Waals surface area contributed by atoms with Gasteiger partial charge in [0.25, 0.3) is 0 Å². The SMILES string of the molecule is CCCCCCNC(=O)NCC(CC)C(=O)O. The quantitative estimate of drug-likeness (QED) is 0.543. The van der Waals surface area contributed by atoms with Gasteiger partial charge in [0.1, 0.15) is 0 Å². The van der Waals surface area contributed by atoms with Gasteiger partial charge in [-0.05, 0) is 12.8 Å². The van der Waals surface area contributed by atoms with E-state index >= 15 is 0 Å². The third-order valence-corrected chi connectivity index (χ3v) is 2.67. The summed E-state index contributed by atoms with van der Waals surface area (Å²) in [6.45, 7) is 4.77. The number of nitrogens with one attached hydrogen (secondary N) is 2. The van der Waals surface area contributed by atoms with Crippen LogP contribution in [0, 0.1) is 5.92 Å². The second kappa shape index (κ2) is 9.93. The van der Waals surface area contributed by atoms with E-state index in [0.717, 1.165) is 12.8 Å². The molecule has 0 bridgehead atoms. The highest BCUT2D eigenvalue weighted by Gasteiger charge is 2.15. The number of hydrogen-bond acceptors (Lipinski definition) is 2. The molecule has 1 atom stereocenters. The first-order chi connectivity index (χ1) is 8.11. The van der Waals surface area contributed by atoms with Crippen LogP contribution < -0.4 is 10.6 Å². The van der Waals surface area contributed by atoms with Crippen molar-refractivity contribution in [3.63, 3.8) is 0 Å². The average molecular weight is 244 g/mol. The third-order valence-electron chi connectivity index (χ3n) is 2.67. The van der Waals surface area contributed by atoms with Crippen LogP contribution in [0.25, 0.3) is 0 Å². The summed E-state index contributed by atoms with van der Waals surface area (Å²) < 4.78 is 0. The Morgan fingerprint density at radius 3 is 2.35 bits per heavy atom. The Morgan fingerprint density at radius 2 is 1.82 bits per heavy atom. The average Bonchev–Trinajstić information content (AvgIpc) is 2.29. The smallest absolute Gasteiger partial charge is 0.314 e. The van der Waals surface area contributed by atoms with E-state index in [9.17, 15) is 9.59 Å². The van der Waals surface area contributed by atoms with E-state index in [2.05, 4.69) is 17.6 Å². The van der Waals surface area contributed by atoms with Crippen LogP contribution in [-0.2, 0) is 4.79 Å². The molecule has 0 rings (SSSR count). The lowest BCUT2D eigenvalue weighted by Crippen LogP contribution is -2.40. The molecule has 3 N–H and O–H groups in total. The fourth-order valence-electron chi connectivity index (χ4n) is 1.44. The van der Waals surface area contributed by atoms with E-state index < -0.39 is 11.9 Å². The van der Waals surface area contributed by atoms with Gasteiger partial charge in [-0.2, -0.15) is 0 Å². The topological polar surface area (TPSA) is 78.4 Å². The van der Waals surface area contributed by atoms with Gasteiger partial charge in [0.15, 0.2) is 0 Å². The fourth-order valence-corrected chi connectivity index (χ4v) is 1.44. The lowest BCUT2D eigenvalue weighted by Gasteiger charge is -2.11. The highest BCUT2D eigenvalue weighted by atomic mass is 16.4. The molecular formula is C12H24N2O3. The number of amides is 2. The number of carboxylic acid groups (broad SMARTS) is 1. The largest absolute Gasteiger partial charge is 0.481 e. The molecule has 0 aliphatic carbocycles. The Kier molecular flexibility index (Phi) is 9.19. The second-order valence-corrected chi connectivity index (χ2v) is 4.14. The van der Waals surface area contributed by atoms with Gasteiger partial charge in [0.05, 0.1) is 5.92 Å². The second-order valence-electron chi connectivity index (χ2n) is 4.14. The maximum atomic E-state index is 11.3. The van der Waals surface area contributed by atoms with Crippen molar-refractivity contribution < 1.29 is 14.7 Å². The van der Waals surface area contributed by atoms with Crippen LogP contribution in [0.3, 0.4) is 0 Å². The summed E-state index contributed by atoms with van der Waals surface area (Å²) in [4.78, 5) is 22.0. The maximum Gasteiger partial charge on any atom is 0.314 e. The summed E-state index contributed by atoms with van der Waals surface area (Å²) in [6, 6.07) is -0.277. The monoisotopic (exact) mass is 244 g/mol. The molecule has 0 aliphatic rings. The van der Waals surface area contributed by atoms with E-state index in [4.69, 9.17) is 5.11 Å². The Balaban J connectivity index is 3.55. The molecule has 0 aromatic carbocycles. The number of aliphatic carboxylic acids is 1. The van der Waals surface area contributed by atoms with E-state index in [-0.39, 0.29) is 12.6 Å². The van der Waals surface area contributed by atoms with E-state index in [0.29, 0.717) is 13.0 Å². The van der Waals surface area contributed by atoms with Crippen LogP contribution in [0.5, 0.6) is 0 Å². The molecule has 17 heavy (non-hydrogen) atoms. The van der Waals surface area contributed by atoms with Gasteiger partial charge in [0, 0.05) is 13.1 Å². The predicted octanol–water partition coefficient (Wildman–Crippen LogP) is 1.98. The summed E-state index contributed by atoms with van der Waals surface area (Å²) in [7, 11) is 0. The van der Waals surface area contributed by atoms with Crippen molar-refractivity contribution >= 4 is 12.0 Å². The molecule has 0 saturated heterocycles. The lowest BCUT2D eigenvalue weighted by atomic mass is 10.1. The Bertz CT molecular complexity index is 232. The zero-order chi connectivity index (χ0) is 13.1. The number of rotatable bonds is 9. The van der Waals surface area contributed by atoms with Crippen LogP contribution in [0.4, 0.5) is 4.79 Å². The summed E-state index contributed by atoms with van der Waals surface area (Å²) in [5.74, 6) is -1.36. The Labute approximate surface area is 103 Å². The van der Waals surface area contributed by atoms with E-state index in [1.54, 1.807) is 6.92 Å². The van der Waals surface area contributed by atoms with Gasteiger partial charge in [-0.1, -0.05) is 33.1 Å². The summed E-state index contributed by atoms with van der Waals surface area (Å²) in [6.07, 6.45) is 4.95. The van der Waals surface area contributed by atoms with E-state index in [1.807, 2.05) is 0 Å². The number of urea groups is 1. The van der Waals surface area contributed by atoms with Crippen molar-refractivity contribution in [3.8, 4) is 0 Å². The molecule has 0 spiro atoms. The molecule has 5 heteroatoms. The molecule has 0 saturated carbocycles. The van der Waals surface area contributed by atoms with Gasteiger partial charge < -0.3 is 15.7 Å². The molecular weight excluding hydrogens is 220 g/mol. The van der Waals surface area contributed by atoms with Crippen LogP contribution in [-0.4, -0.2) is 30.2 Å². The zero-order valence-corrected chi connectivity index (χ0v) is 10.8. The minimum Gasteiger partial charge on any atom is -0.481 e. The first-order valence-corrected chi connectivity index (χ1v) is 6.36. The van der Waals surface area contributed by atoms with Gasteiger partial charge in [0.2, 0.25) is 0 Å². The van der Waals surface area contributed by atoms with Crippen molar-refractivity contribution in [2.45, 2.75) is 46.0 Å². The van der Waals surface area contributed by atoms with Crippen molar-refractivity contribution in [2.24, 2.45) is 5.92 Å². The van der Waals surface area contributed by atoms with Crippen LogP contribution in [0.1, 0.15) is 46.0 Å². The zero-order valence-electron chi connectivity index (χ0n) is 10.8. The standard InChI is InChI=1S/C12H24N2O3/c1-3-5-6-7-8-13-12(17)14-9-10(4-2)11(15)16/h10H,3-9H2,1-2H3,(H,15,16)(H2,13,14,17). The molecule has 5 nitrogen and oxygen atoms in total. The maximum absolute atomic E-state index is 11.3. The summed E-state index contributed by atoms with van der Waals surface area (Å²) >= 11 is 0. The minimum absolute atomic E-state index is 0.187. The minimum atomic E-state index is -0.865. The van der Waals surface area contributed by atoms with Crippen molar-refractivity contribution in [2.75, 3.05) is 13.1 Å². The number of unbranched alkanes of at least 4 members (excludes halogenated alkanes) is 3. The molecule has 1 unspecified atom stereocenters. The normalized spacial score (nSPS) is 11.9. The van der Waals surface area contributed by atoms with Crippen LogP contribution in [0.2, 0.25) is 0 Å². The molecule has 0 aliphatic heterocycles. The highest BCUT2D eigenvalue weighted by Crippen LogP contribution is 2.00. The fraction of sp³-hybridized carbons (Fsp3) is 0.833. The molecule has 0 heterocycles. The molecule has 2 amide bonds. The molecule has 0 aromatic heterocycles. The number of carboxylic acids is 1.